The van der Waals surface area contributed by atoms with Crippen molar-refractivity contribution in [3.8, 4) is 0 Å². The second-order valence-electron chi connectivity index (χ2n) is 6.17. The third-order valence-corrected chi connectivity index (χ3v) is 3.92. The van der Waals surface area contributed by atoms with Gasteiger partial charge in [0.15, 0.2) is 0 Å². The lowest BCUT2D eigenvalue weighted by Crippen LogP contribution is -2.16. The van der Waals surface area contributed by atoms with Gasteiger partial charge in [-0.05, 0) is 50.1 Å². The van der Waals surface area contributed by atoms with Crippen LogP contribution in [0, 0.1) is 20.8 Å². The van der Waals surface area contributed by atoms with Crippen LogP contribution >= 0.6 is 0 Å². The fourth-order valence-electron chi connectivity index (χ4n) is 2.61. The van der Waals surface area contributed by atoms with E-state index < -0.39 is 0 Å². The molecule has 2 aromatic heterocycles. The van der Waals surface area contributed by atoms with Gasteiger partial charge in [-0.3, -0.25) is 9.78 Å². The Labute approximate surface area is 152 Å². The van der Waals surface area contributed by atoms with Crippen molar-refractivity contribution in [2.75, 3.05) is 10.6 Å². The summed E-state index contributed by atoms with van der Waals surface area (Å²) in [5, 5.41) is 6.14. The van der Waals surface area contributed by atoms with Crippen molar-refractivity contribution in [2.24, 2.45) is 0 Å². The maximum absolute atomic E-state index is 12.6. The molecule has 0 fully saturated rings. The molecule has 3 aromatic rings. The Morgan fingerprint density at radius 2 is 1.77 bits per heavy atom. The van der Waals surface area contributed by atoms with Crippen LogP contribution in [0.2, 0.25) is 0 Å². The third-order valence-electron chi connectivity index (χ3n) is 3.92. The molecule has 0 radical (unpaired) electrons. The number of nitrogens with one attached hydrogen (secondary N) is 2. The summed E-state index contributed by atoms with van der Waals surface area (Å²) in [6.07, 6.45) is 3.48. The van der Waals surface area contributed by atoms with Crippen LogP contribution in [0.1, 0.15) is 33.0 Å². The zero-order chi connectivity index (χ0) is 18.5. The van der Waals surface area contributed by atoms with Crippen molar-refractivity contribution in [2.45, 2.75) is 27.3 Å². The maximum Gasteiger partial charge on any atom is 0.274 e. The van der Waals surface area contributed by atoms with E-state index >= 15 is 0 Å². The molecule has 2 heterocycles. The molecule has 0 bridgehead atoms. The molecular formula is C20H21N5O. The fraction of sp³-hybridized carbons (Fsp3) is 0.200. The summed E-state index contributed by atoms with van der Waals surface area (Å²) in [5.41, 5.74) is 4.36. The lowest BCUT2D eigenvalue weighted by atomic mass is 10.1. The van der Waals surface area contributed by atoms with E-state index in [-0.39, 0.29) is 5.91 Å². The van der Waals surface area contributed by atoms with E-state index in [4.69, 9.17) is 0 Å². The van der Waals surface area contributed by atoms with Gasteiger partial charge in [0.1, 0.15) is 17.3 Å². The predicted molar refractivity (Wildman–Crippen MR) is 102 cm³/mol. The number of aryl methyl sites for hydroxylation is 3. The Balaban J connectivity index is 1.75. The van der Waals surface area contributed by atoms with Crippen LogP contribution in [0.5, 0.6) is 0 Å². The van der Waals surface area contributed by atoms with Gasteiger partial charge in [-0.15, -0.1) is 0 Å². The lowest BCUT2D eigenvalue weighted by Gasteiger charge is -2.11. The van der Waals surface area contributed by atoms with Gasteiger partial charge in [0, 0.05) is 30.7 Å². The maximum atomic E-state index is 12.6. The first-order valence-corrected chi connectivity index (χ1v) is 8.38. The number of rotatable bonds is 5. The summed E-state index contributed by atoms with van der Waals surface area (Å²) in [7, 11) is 0. The average molecular weight is 347 g/mol. The van der Waals surface area contributed by atoms with E-state index in [2.05, 4.69) is 25.6 Å². The number of anilines is 2. The molecular weight excluding hydrogens is 326 g/mol. The lowest BCUT2D eigenvalue weighted by molar-refractivity contribution is 0.102. The molecule has 0 saturated heterocycles. The minimum atomic E-state index is -0.255. The van der Waals surface area contributed by atoms with Crippen LogP contribution in [-0.2, 0) is 6.54 Å². The first-order chi connectivity index (χ1) is 12.5. The van der Waals surface area contributed by atoms with Crippen molar-refractivity contribution in [1.82, 2.24) is 15.0 Å². The summed E-state index contributed by atoms with van der Waals surface area (Å²) >= 11 is 0. The fourth-order valence-corrected chi connectivity index (χ4v) is 2.61. The molecule has 1 amide bonds. The molecule has 0 saturated carbocycles. The highest BCUT2D eigenvalue weighted by molar-refractivity contribution is 6.03. The van der Waals surface area contributed by atoms with Crippen molar-refractivity contribution in [3.05, 3.63) is 77.0 Å². The Morgan fingerprint density at radius 3 is 2.50 bits per heavy atom. The Morgan fingerprint density at radius 1 is 1.00 bits per heavy atom. The van der Waals surface area contributed by atoms with Crippen LogP contribution in [-0.4, -0.2) is 20.9 Å². The smallest absolute Gasteiger partial charge is 0.274 e. The standard InChI is InChI=1S/C20H21N5O/c1-13-4-5-17(14(2)10-13)25-20(26)18-11-19(24-15(3)23-18)22-12-16-6-8-21-9-7-16/h4-11H,12H2,1-3H3,(H,25,26)(H,22,23,24). The number of hydrogen-bond acceptors (Lipinski definition) is 5. The van der Waals surface area contributed by atoms with Gasteiger partial charge in [0.2, 0.25) is 0 Å². The van der Waals surface area contributed by atoms with Gasteiger partial charge in [-0.1, -0.05) is 17.7 Å². The molecule has 0 aliphatic rings. The largest absolute Gasteiger partial charge is 0.366 e. The number of amides is 1. The summed E-state index contributed by atoms with van der Waals surface area (Å²) in [6, 6.07) is 11.4. The SMILES string of the molecule is Cc1ccc(NC(=O)c2cc(NCc3ccncc3)nc(C)n2)c(C)c1. The van der Waals surface area contributed by atoms with E-state index in [1.807, 2.05) is 44.2 Å². The molecule has 0 aliphatic carbocycles. The molecule has 26 heavy (non-hydrogen) atoms. The predicted octanol–water partition coefficient (Wildman–Crippen LogP) is 3.66. The van der Waals surface area contributed by atoms with Crippen LogP contribution in [0.25, 0.3) is 0 Å². The summed E-state index contributed by atoms with van der Waals surface area (Å²) in [4.78, 5) is 25.2. The van der Waals surface area contributed by atoms with Crippen LogP contribution in [0.3, 0.4) is 0 Å². The number of aromatic nitrogens is 3. The molecule has 132 valence electrons. The topological polar surface area (TPSA) is 79.8 Å². The molecule has 0 unspecified atom stereocenters. The van der Waals surface area contributed by atoms with E-state index in [0.29, 0.717) is 23.9 Å². The zero-order valence-electron chi connectivity index (χ0n) is 15.1. The molecule has 0 aliphatic heterocycles. The van der Waals surface area contributed by atoms with E-state index in [1.54, 1.807) is 25.4 Å². The minimum Gasteiger partial charge on any atom is -0.366 e. The number of hydrogen-bond donors (Lipinski definition) is 2. The highest BCUT2D eigenvalue weighted by Crippen LogP contribution is 2.17. The molecule has 0 spiro atoms. The number of pyridine rings is 1. The average Bonchev–Trinajstić information content (AvgIpc) is 2.63. The van der Waals surface area contributed by atoms with Gasteiger partial charge in [-0.2, -0.15) is 0 Å². The number of benzene rings is 1. The molecule has 2 N–H and O–H groups in total. The van der Waals surface area contributed by atoms with Gasteiger partial charge in [0.05, 0.1) is 0 Å². The van der Waals surface area contributed by atoms with Gasteiger partial charge in [0.25, 0.3) is 5.91 Å². The van der Waals surface area contributed by atoms with Crippen LogP contribution in [0.4, 0.5) is 11.5 Å². The molecule has 1 aromatic carbocycles. The van der Waals surface area contributed by atoms with Crippen molar-refractivity contribution < 1.29 is 4.79 Å². The molecule has 6 heteroatoms. The van der Waals surface area contributed by atoms with E-state index in [1.165, 1.54) is 0 Å². The highest BCUT2D eigenvalue weighted by atomic mass is 16.1. The van der Waals surface area contributed by atoms with Gasteiger partial charge in [-0.25, -0.2) is 9.97 Å². The van der Waals surface area contributed by atoms with Crippen LogP contribution < -0.4 is 10.6 Å². The Bertz CT molecular complexity index is 925. The Kier molecular flexibility index (Phi) is 5.22. The molecule has 0 atom stereocenters. The minimum absolute atomic E-state index is 0.255. The Hall–Kier alpha value is -3.28. The second-order valence-corrected chi connectivity index (χ2v) is 6.17. The summed E-state index contributed by atoms with van der Waals surface area (Å²) in [5.74, 6) is 0.894. The summed E-state index contributed by atoms with van der Waals surface area (Å²) in [6.45, 7) is 6.35. The normalized spacial score (nSPS) is 10.4. The second kappa shape index (κ2) is 7.74. The summed E-state index contributed by atoms with van der Waals surface area (Å²) < 4.78 is 0. The first kappa shape index (κ1) is 17.5. The van der Waals surface area contributed by atoms with E-state index in [0.717, 1.165) is 22.4 Å². The number of carbonyl (C=O) groups excluding carboxylic acids is 1. The van der Waals surface area contributed by atoms with Crippen molar-refractivity contribution in [1.29, 1.82) is 0 Å². The number of carbonyl (C=O) groups is 1. The van der Waals surface area contributed by atoms with E-state index in [9.17, 15) is 4.79 Å². The number of nitrogens with zero attached hydrogens (tertiary/aromatic N) is 3. The van der Waals surface area contributed by atoms with Gasteiger partial charge >= 0.3 is 0 Å². The third kappa shape index (κ3) is 4.42. The van der Waals surface area contributed by atoms with Crippen molar-refractivity contribution >= 4 is 17.4 Å². The highest BCUT2D eigenvalue weighted by Gasteiger charge is 2.12. The van der Waals surface area contributed by atoms with Gasteiger partial charge < -0.3 is 10.6 Å². The first-order valence-electron chi connectivity index (χ1n) is 8.38. The zero-order valence-corrected chi connectivity index (χ0v) is 15.1. The van der Waals surface area contributed by atoms with Crippen LogP contribution in [0.15, 0.2) is 48.8 Å². The molecule has 6 nitrogen and oxygen atoms in total. The van der Waals surface area contributed by atoms with Crippen molar-refractivity contribution in [3.63, 3.8) is 0 Å². The molecule has 3 rings (SSSR count). The quantitative estimate of drug-likeness (QED) is 0.736. The monoisotopic (exact) mass is 347 g/mol.